The molecule has 0 aliphatic rings. The maximum Gasteiger partial charge on any atom is 0.224 e. The highest BCUT2D eigenvalue weighted by Crippen LogP contribution is 2.01. The second-order valence-corrected chi connectivity index (χ2v) is 3.65. The Labute approximate surface area is 97.2 Å². The maximum absolute atomic E-state index is 11.8. The molecule has 0 fully saturated rings. The zero-order chi connectivity index (χ0) is 12.4. The van der Waals surface area contributed by atoms with Gasteiger partial charge in [-0.1, -0.05) is 6.92 Å². The average Bonchev–Trinajstić information content (AvgIpc) is 2.28. The van der Waals surface area contributed by atoms with Crippen LogP contribution < -0.4 is 5.73 Å². The molecule has 0 saturated carbocycles. The van der Waals surface area contributed by atoms with E-state index in [2.05, 4.69) is 0 Å². The van der Waals surface area contributed by atoms with E-state index in [9.17, 15) is 4.79 Å². The second-order valence-electron chi connectivity index (χ2n) is 3.65. The minimum absolute atomic E-state index is 0.00153. The molecular formula is C11H21N3O2. The first-order valence-electron chi connectivity index (χ1n) is 5.54. The number of hydrogen-bond acceptors (Lipinski definition) is 4. The van der Waals surface area contributed by atoms with Gasteiger partial charge in [0.25, 0.3) is 0 Å². The summed E-state index contributed by atoms with van der Waals surface area (Å²) in [6.45, 7) is 3.41. The van der Waals surface area contributed by atoms with E-state index in [0.29, 0.717) is 32.5 Å². The summed E-state index contributed by atoms with van der Waals surface area (Å²) < 4.78 is 4.93. The average molecular weight is 227 g/mol. The third kappa shape index (κ3) is 6.38. The molecular weight excluding hydrogens is 206 g/mol. The van der Waals surface area contributed by atoms with Crippen LogP contribution in [0, 0.1) is 11.3 Å². The number of ether oxygens (including phenoxy) is 1. The van der Waals surface area contributed by atoms with Crippen molar-refractivity contribution in [2.45, 2.75) is 32.2 Å². The fraction of sp³-hybridized carbons (Fsp3) is 0.818. The lowest BCUT2D eigenvalue weighted by Crippen LogP contribution is -2.38. The minimum atomic E-state index is -0.0976. The molecule has 0 bridgehead atoms. The van der Waals surface area contributed by atoms with E-state index in [0.717, 1.165) is 6.42 Å². The molecule has 0 aromatic heterocycles. The molecule has 0 aromatic rings. The van der Waals surface area contributed by atoms with Gasteiger partial charge in [-0.3, -0.25) is 4.79 Å². The van der Waals surface area contributed by atoms with E-state index in [1.807, 2.05) is 13.0 Å². The van der Waals surface area contributed by atoms with E-state index in [1.54, 1.807) is 12.0 Å². The van der Waals surface area contributed by atoms with Crippen molar-refractivity contribution in [3.05, 3.63) is 0 Å². The lowest BCUT2D eigenvalue weighted by atomic mass is 10.1. The molecule has 5 heteroatoms. The highest BCUT2D eigenvalue weighted by atomic mass is 16.5. The Morgan fingerprint density at radius 2 is 2.25 bits per heavy atom. The summed E-state index contributed by atoms with van der Waals surface area (Å²) in [4.78, 5) is 13.4. The zero-order valence-corrected chi connectivity index (χ0v) is 10.1. The van der Waals surface area contributed by atoms with Crippen molar-refractivity contribution in [2.75, 3.05) is 26.8 Å². The van der Waals surface area contributed by atoms with Gasteiger partial charge in [0.15, 0.2) is 0 Å². The van der Waals surface area contributed by atoms with Crippen LogP contribution in [0.4, 0.5) is 0 Å². The monoisotopic (exact) mass is 227 g/mol. The highest BCUT2D eigenvalue weighted by Gasteiger charge is 2.15. The van der Waals surface area contributed by atoms with Gasteiger partial charge in [0, 0.05) is 32.7 Å². The Morgan fingerprint density at radius 3 is 2.75 bits per heavy atom. The lowest BCUT2D eigenvalue weighted by molar-refractivity contribution is -0.132. The molecule has 0 rings (SSSR count). The van der Waals surface area contributed by atoms with Gasteiger partial charge in [-0.05, 0) is 6.42 Å². The summed E-state index contributed by atoms with van der Waals surface area (Å²) >= 11 is 0. The maximum atomic E-state index is 11.8. The Kier molecular flexibility index (Phi) is 8.49. The Hall–Kier alpha value is -1.12. The van der Waals surface area contributed by atoms with Crippen molar-refractivity contribution >= 4 is 5.91 Å². The van der Waals surface area contributed by atoms with Crippen molar-refractivity contribution in [3.63, 3.8) is 0 Å². The first-order valence-corrected chi connectivity index (χ1v) is 5.54. The van der Waals surface area contributed by atoms with Crippen LogP contribution in [0.5, 0.6) is 0 Å². The van der Waals surface area contributed by atoms with Crippen LogP contribution in [0.25, 0.3) is 0 Å². The summed E-state index contributed by atoms with van der Waals surface area (Å²) in [5.41, 5.74) is 5.73. The van der Waals surface area contributed by atoms with Gasteiger partial charge in [-0.2, -0.15) is 5.26 Å². The molecule has 0 radical (unpaired) electrons. The molecule has 0 spiro atoms. The van der Waals surface area contributed by atoms with Crippen LogP contribution in [0.15, 0.2) is 0 Å². The number of hydrogen-bond donors (Lipinski definition) is 1. The first kappa shape index (κ1) is 14.9. The van der Waals surface area contributed by atoms with Crippen molar-refractivity contribution in [1.82, 2.24) is 4.90 Å². The molecule has 1 atom stereocenters. The lowest BCUT2D eigenvalue weighted by Gasteiger charge is -2.22. The normalized spacial score (nSPS) is 11.9. The number of nitriles is 1. The molecule has 0 aliphatic heterocycles. The standard InChI is InChI=1S/C11H21N3O2/c1-3-10(13)9-11(15)14(6-4-5-12)7-8-16-2/h10H,3-4,6-9,13H2,1-2H3. The van der Waals surface area contributed by atoms with Crippen molar-refractivity contribution < 1.29 is 9.53 Å². The van der Waals surface area contributed by atoms with Crippen LogP contribution in [0.1, 0.15) is 26.2 Å². The van der Waals surface area contributed by atoms with E-state index in [1.165, 1.54) is 0 Å². The molecule has 5 nitrogen and oxygen atoms in total. The molecule has 2 N–H and O–H groups in total. The van der Waals surface area contributed by atoms with Crippen LogP contribution in [0.3, 0.4) is 0 Å². The molecule has 92 valence electrons. The van der Waals surface area contributed by atoms with E-state index in [4.69, 9.17) is 15.7 Å². The Bertz CT molecular complexity index is 238. The zero-order valence-electron chi connectivity index (χ0n) is 10.1. The van der Waals surface area contributed by atoms with Crippen LogP contribution >= 0.6 is 0 Å². The smallest absolute Gasteiger partial charge is 0.224 e. The predicted molar refractivity (Wildman–Crippen MR) is 61.6 cm³/mol. The Balaban J connectivity index is 4.14. The number of rotatable bonds is 8. The van der Waals surface area contributed by atoms with Gasteiger partial charge in [0.2, 0.25) is 5.91 Å². The number of carbonyl (C=O) groups excluding carboxylic acids is 1. The molecule has 0 heterocycles. The van der Waals surface area contributed by atoms with Crippen LogP contribution in [0.2, 0.25) is 0 Å². The van der Waals surface area contributed by atoms with Gasteiger partial charge in [0.05, 0.1) is 19.1 Å². The van der Waals surface area contributed by atoms with E-state index >= 15 is 0 Å². The largest absolute Gasteiger partial charge is 0.383 e. The van der Waals surface area contributed by atoms with Crippen molar-refractivity contribution in [2.24, 2.45) is 5.73 Å². The number of nitrogens with zero attached hydrogens (tertiary/aromatic N) is 2. The molecule has 1 amide bonds. The highest BCUT2D eigenvalue weighted by molar-refractivity contribution is 5.76. The molecule has 1 unspecified atom stereocenters. The van der Waals surface area contributed by atoms with Crippen molar-refractivity contribution in [1.29, 1.82) is 5.26 Å². The molecule has 0 aromatic carbocycles. The van der Waals surface area contributed by atoms with Gasteiger partial charge < -0.3 is 15.4 Å². The van der Waals surface area contributed by atoms with Gasteiger partial charge in [-0.25, -0.2) is 0 Å². The number of methoxy groups -OCH3 is 1. The third-order valence-electron chi connectivity index (χ3n) is 2.37. The van der Waals surface area contributed by atoms with Gasteiger partial charge >= 0.3 is 0 Å². The third-order valence-corrected chi connectivity index (χ3v) is 2.37. The molecule has 0 aliphatic carbocycles. The molecule has 16 heavy (non-hydrogen) atoms. The fourth-order valence-electron chi connectivity index (χ4n) is 1.25. The second kappa shape index (κ2) is 9.13. The quantitative estimate of drug-likeness (QED) is 0.655. The summed E-state index contributed by atoms with van der Waals surface area (Å²) in [5, 5.41) is 8.51. The van der Waals surface area contributed by atoms with Gasteiger partial charge in [-0.15, -0.1) is 0 Å². The summed E-state index contributed by atoms with van der Waals surface area (Å²) in [6.07, 6.45) is 1.46. The van der Waals surface area contributed by atoms with E-state index in [-0.39, 0.29) is 11.9 Å². The van der Waals surface area contributed by atoms with E-state index < -0.39 is 0 Å². The fourth-order valence-corrected chi connectivity index (χ4v) is 1.25. The molecule has 0 saturated heterocycles. The van der Waals surface area contributed by atoms with Gasteiger partial charge in [0.1, 0.15) is 0 Å². The SMILES string of the molecule is CCC(N)CC(=O)N(CCC#N)CCOC. The topological polar surface area (TPSA) is 79.4 Å². The van der Waals surface area contributed by atoms with Crippen LogP contribution in [-0.2, 0) is 9.53 Å². The van der Waals surface area contributed by atoms with Crippen molar-refractivity contribution in [3.8, 4) is 6.07 Å². The predicted octanol–water partition coefficient (Wildman–Crippen LogP) is 0.502. The Morgan fingerprint density at radius 1 is 1.56 bits per heavy atom. The summed E-state index contributed by atoms with van der Waals surface area (Å²) in [5.74, 6) is 0.00153. The number of amides is 1. The minimum Gasteiger partial charge on any atom is -0.383 e. The van der Waals surface area contributed by atoms with Crippen LogP contribution in [-0.4, -0.2) is 43.7 Å². The summed E-state index contributed by atoms with van der Waals surface area (Å²) in [6, 6.07) is 1.93. The first-order chi connectivity index (χ1) is 7.65. The number of carbonyl (C=O) groups is 1. The number of nitrogens with two attached hydrogens (primary N) is 1. The summed E-state index contributed by atoms with van der Waals surface area (Å²) in [7, 11) is 1.59.